The molecule has 3 aromatic rings. The monoisotopic (exact) mass is 517 g/mol. The van der Waals surface area contributed by atoms with E-state index in [-0.39, 0.29) is 36.8 Å². The van der Waals surface area contributed by atoms with Crippen molar-refractivity contribution < 1.29 is 23.9 Å². The Bertz CT molecular complexity index is 1350. The minimum absolute atomic E-state index is 0.167. The van der Waals surface area contributed by atoms with Crippen LogP contribution in [0.2, 0.25) is 0 Å². The first-order valence-corrected chi connectivity index (χ1v) is 13.1. The largest absolute Gasteiger partial charge is 0.462 e. The van der Waals surface area contributed by atoms with Gasteiger partial charge in [0.05, 0.1) is 17.9 Å². The molecule has 1 N–H and O–H groups in total. The zero-order valence-corrected chi connectivity index (χ0v) is 21.3. The summed E-state index contributed by atoms with van der Waals surface area (Å²) in [5, 5.41) is 3.35. The summed E-state index contributed by atoms with van der Waals surface area (Å²) in [6, 6.07) is 16.6. The van der Waals surface area contributed by atoms with E-state index < -0.39 is 11.9 Å². The average molecular weight is 518 g/mol. The average Bonchev–Trinajstić information content (AvgIpc) is 3.42. The van der Waals surface area contributed by atoms with E-state index in [1.165, 1.54) is 23.0 Å². The van der Waals surface area contributed by atoms with Crippen LogP contribution in [0.1, 0.15) is 56.5 Å². The molecule has 8 nitrogen and oxygen atoms in total. The van der Waals surface area contributed by atoms with E-state index in [9.17, 15) is 19.2 Å². The van der Waals surface area contributed by atoms with Crippen LogP contribution in [0.5, 0.6) is 0 Å². The lowest BCUT2D eigenvalue weighted by molar-refractivity contribution is -0.121. The third-order valence-corrected chi connectivity index (χ3v) is 7.64. The number of hydrogen-bond donors (Lipinski definition) is 1. The van der Waals surface area contributed by atoms with Crippen LogP contribution in [0.15, 0.2) is 54.6 Å². The molecule has 0 aliphatic carbocycles. The fourth-order valence-electron chi connectivity index (χ4n) is 4.77. The van der Waals surface area contributed by atoms with Crippen molar-refractivity contribution in [3.8, 4) is 0 Å². The van der Waals surface area contributed by atoms with Gasteiger partial charge in [-0.1, -0.05) is 36.4 Å². The highest BCUT2D eigenvalue weighted by Gasteiger charge is 2.32. The number of hydrogen-bond acceptors (Lipinski definition) is 7. The first-order valence-electron chi connectivity index (χ1n) is 12.3. The summed E-state index contributed by atoms with van der Waals surface area (Å²) in [4.78, 5) is 54.9. The molecule has 1 aromatic heterocycles. The number of carbonyl (C=O) groups is 4. The molecule has 2 aromatic carbocycles. The predicted octanol–water partition coefficient (Wildman–Crippen LogP) is 4.39. The molecule has 2 aliphatic rings. The molecule has 0 saturated carbocycles. The maximum Gasteiger partial charge on any atom is 0.341 e. The number of anilines is 2. The molecule has 37 heavy (non-hydrogen) atoms. The number of benzene rings is 2. The van der Waals surface area contributed by atoms with Crippen molar-refractivity contribution in [2.45, 2.75) is 39.3 Å². The number of carbonyl (C=O) groups excluding carboxylic acids is 4. The third-order valence-electron chi connectivity index (χ3n) is 6.51. The van der Waals surface area contributed by atoms with Crippen molar-refractivity contribution >= 4 is 45.7 Å². The Labute approximate surface area is 218 Å². The van der Waals surface area contributed by atoms with Gasteiger partial charge in [-0.2, -0.15) is 0 Å². The maximum absolute atomic E-state index is 13.2. The van der Waals surface area contributed by atoms with Gasteiger partial charge in [-0.15, -0.1) is 11.3 Å². The molecule has 2 aliphatic heterocycles. The van der Waals surface area contributed by atoms with Gasteiger partial charge in [-0.3, -0.25) is 24.2 Å². The van der Waals surface area contributed by atoms with E-state index in [1.807, 2.05) is 18.2 Å². The van der Waals surface area contributed by atoms with Crippen molar-refractivity contribution in [3.63, 3.8) is 0 Å². The van der Waals surface area contributed by atoms with Crippen molar-refractivity contribution in [2.75, 3.05) is 23.4 Å². The highest BCUT2D eigenvalue weighted by molar-refractivity contribution is 7.17. The van der Waals surface area contributed by atoms with Crippen LogP contribution in [0.25, 0.3) is 0 Å². The molecule has 3 heterocycles. The van der Waals surface area contributed by atoms with Crippen molar-refractivity contribution in [1.82, 2.24) is 4.90 Å². The smallest absolute Gasteiger partial charge is 0.341 e. The number of nitrogens with one attached hydrogen (secondary N) is 1. The second-order valence-corrected chi connectivity index (χ2v) is 10.1. The molecule has 5 rings (SSSR count). The zero-order valence-electron chi connectivity index (χ0n) is 20.5. The van der Waals surface area contributed by atoms with Gasteiger partial charge in [0.15, 0.2) is 0 Å². The lowest BCUT2D eigenvalue weighted by Gasteiger charge is -2.27. The Balaban J connectivity index is 1.40. The Morgan fingerprint density at radius 2 is 1.76 bits per heavy atom. The van der Waals surface area contributed by atoms with E-state index in [0.29, 0.717) is 29.2 Å². The quantitative estimate of drug-likeness (QED) is 0.369. The topological polar surface area (TPSA) is 96.0 Å². The first kappa shape index (κ1) is 24.9. The highest BCUT2D eigenvalue weighted by Crippen LogP contribution is 2.38. The number of fused-ring (bicyclic) bond motifs is 1. The van der Waals surface area contributed by atoms with Crippen LogP contribution in [0.3, 0.4) is 0 Å². The SMILES string of the molecule is CCOC(=O)c1c(NC(=O)c2cccc(N3C(=O)CCC3=O)c2)sc2c1CCN(Cc1ccccc1)C2. The van der Waals surface area contributed by atoms with Crippen LogP contribution in [-0.2, 0) is 33.8 Å². The molecule has 0 atom stereocenters. The second-order valence-electron chi connectivity index (χ2n) is 9.00. The molecule has 1 fully saturated rings. The Kier molecular flexibility index (Phi) is 7.16. The van der Waals surface area contributed by atoms with E-state index in [0.717, 1.165) is 28.4 Å². The van der Waals surface area contributed by atoms with Crippen LogP contribution < -0.4 is 10.2 Å². The van der Waals surface area contributed by atoms with Gasteiger partial charge < -0.3 is 10.1 Å². The highest BCUT2D eigenvalue weighted by atomic mass is 32.1. The molecule has 0 bridgehead atoms. The van der Waals surface area contributed by atoms with Gasteiger partial charge in [0.1, 0.15) is 5.00 Å². The van der Waals surface area contributed by atoms with Crippen LogP contribution in [0.4, 0.5) is 10.7 Å². The van der Waals surface area contributed by atoms with Gasteiger partial charge in [-0.05, 0) is 42.7 Å². The van der Waals surface area contributed by atoms with Gasteiger partial charge in [0.2, 0.25) is 11.8 Å². The number of esters is 1. The van der Waals surface area contributed by atoms with E-state index >= 15 is 0 Å². The van der Waals surface area contributed by atoms with Crippen LogP contribution >= 0.6 is 11.3 Å². The van der Waals surface area contributed by atoms with Gasteiger partial charge in [0, 0.05) is 42.9 Å². The van der Waals surface area contributed by atoms with Gasteiger partial charge in [0.25, 0.3) is 5.91 Å². The Hall–Kier alpha value is -3.82. The van der Waals surface area contributed by atoms with Gasteiger partial charge >= 0.3 is 5.97 Å². The second kappa shape index (κ2) is 10.7. The third kappa shape index (κ3) is 5.19. The number of ether oxygens (including phenoxy) is 1. The van der Waals surface area contributed by atoms with Crippen LogP contribution in [0, 0.1) is 0 Å². The number of amides is 3. The minimum Gasteiger partial charge on any atom is -0.462 e. The number of nitrogens with zero attached hydrogens (tertiary/aromatic N) is 2. The first-order chi connectivity index (χ1) is 17.9. The lowest BCUT2D eigenvalue weighted by Crippen LogP contribution is -2.30. The summed E-state index contributed by atoms with van der Waals surface area (Å²) in [6.45, 7) is 4.25. The van der Waals surface area contributed by atoms with Crippen LogP contribution in [-0.4, -0.2) is 41.7 Å². The number of rotatable bonds is 7. The maximum atomic E-state index is 13.2. The summed E-state index contributed by atoms with van der Waals surface area (Å²) in [5.41, 5.74) is 3.21. The molecule has 0 unspecified atom stereocenters. The summed E-state index contributed by atoms with van der Waals surface area (Å²) >= 11 is 1.39. The van der Waals surface area contributed by atoms with Gasteiger partial charge in [-0.25, -0.2) is 4.79 Å². The molecule has 190 valence electrons. The molecule has 3 amide bonds. The Morgan fingerprint density at radius 3 is 2.49 bits per heavy atom. The normalized spacial score (nSPS) is 15.5. The molecule has 0 spiro atoms. The lowest BCUT2D eigenvalue weighted by atomic mass is 10.0. The summed E-state index contributed by atoms with van der Waals surface area (Å²) < 4.78 is 5.33. The fraction of sp³-hybridized carbons (Fsp3) is 0.286. The summed E-state index contributed by atoms with van der Waals surface area (Å²) in [7, 11) is 0. The van der Waals surface area contributed by atoms with Crippen molar-refractivity contribution in [3.05, 3.63) is 81.7 Å². The summed E-state index contributed by atoms with van der Waals surface area (Å²) in [6.07, 6.45) is 1.01. The number of imide groups is 1. The Morgan fingerprint density at radius 1 is 1.00 bits per heavy atom. The van der Waals surface area contributed by atoms with E-state index in [4.69, 9.17) is 4.74 Å². The molecule has 0 radical (unpaired) electrons. The van der Waals surface area contributed by atoms with Crippen molar-refractivity contribution in [1.29, 1.82) is 0 Å². The standard InChI is InChI=1S/C28H27N3O5S/c1-2-36-28(35)25-21-13-14-30(16-18-7-4-3-5-8-18)17-22(21)37-27(25)29-26(34)19-9-6-10-20(15-19)31-23(32)11-12-24(31)33/h3-10,15H,2,11-14,16-17H2,1H3,(H,29,34). The minimum atomic E-state index is -0.450. The molecule has 9 heteroatoms. The molecule has 1 saturated heterocycles. The van der Waals surface area contributed by atoms with E-state index in [1.54, 1.807) is 25.1 Å². The molecular weight excluding hydrogens is 490 g/mol. The zero-order chi connectivity index (χ0) is 25.9. The summed E-state index contributed by atoms with van der Waals surface area (Å²) in [5.74, 6) is -1.43. The predicted molar refractivity (Wildman–Crippen MR) is 141 cm³/mol. The van der Waals surface area contributed by atoms with E-state index in [2.05, 4.69) is 22.3 Å². The molecular formula is C28H27N3O5S. The fourth-order valence-corrected chi connectivity index (χ4v) is 6.04. The van der Waals surface area contributed by atoms with Crippen molar-refractivity contribution in [2.24, 2.45) is 0 Å². The number of thiophene rings is 1.